The highest BCUT2D eigenvalue weighted by Gasteiger charge is 2.29. The molecule has 114 valence electrons. The Morgan fingerprint density at radius 2 is 2.24 bits per heavy atom. The van der Waals surface area contributed by atoms with E-state index in [0.717, 1.165) is 27.5 Å². The minimum atomic E-state index is -4.32. The fourth-order valence-electron chi connectivity index (χ4n) is 1.46. The van der Waals surface area contributed by atoms with E-state index in [2.05, 4.69) is 14.9 Å². The molecule has 21 heavy (non-hydrogen) atoms. The lowest BCUT2D eigenvalue weighted by atomic mass is 10.4. The first kappa shape index (κ1) is 15.8. The summed E-state index contributed by atoms with van der Waals surface area (Å²) in [5.74, 6) is -0.0328. The highest BCUT2D eigenvalue weighted by atomic mass is 32.2. The summed E-state index contributed by atoms with van der Waals surface area (Å²) in [4.78, 5) is 12.6. The average molecular weight is 337 g/mol. The number of carbonyl (C=O) groups is 1. The van der Waals surface area contributed by atoms with E-state index in [0.29, 0.717) is 10.6 Å². The smallest absolute Gasteiger partial charge is 0.406 e. The first-order valence-corrected chi connectivity index (χ1v) is 7.43. The first-order chi connectivity index (χ1) is 9.89. The van der Waals surface area contributed by atoms with Crippen molar-refractivity contribution in [2.24, 2.45) is 0 Å². The van der Waals surface area contributed by atoms with E-state index >= 15 is 0 Å². The zero-order valence-corrected chi connectivity index (χ0v) is 12.4. The number of halogens is 3. The molecule has 0 amide bonds. The van der Waals surface area contributed by atoms with Gasteiger partial charge in [0.05, 0.1) is 7.11 Å². The summed E-state index contributed by atoms with van der Waals surface area (Å²) in [5.41, 5.74) is 0. The van der Waals surface area contributed by atoms with Gasteiger partial charge in [-0.05, 0) is 12.1 Å². The number of esters is 1. The van der Waals surface area contributed by atoms with Crippen molar-refractivity contribution >= 4 is 29.1 Å². The maximum absolute atomic E-state index is 12.4. The minimum absolute atomic E-state index is 0.181. The van der Waals surface area contributed by atoms with Crippen LogP contribution in [-0.2, 0) is 17.0 Å². The lowest BCUT2D eigenvalue weighted by Gasteiger charge is -2.08. The SMILES string of the molecule is COC(=O)c1ccc(CSc2nncn2CC(F)(F)F)s1. The molecule has 0 aliphatic rings. The Hall–Kier alpha value is -1.55. The number of hydrogen-bond acceptors (Lipinski definition) is 6. The highest BCUT2D eigenvalue weighted by molar-refractivity contribution is 7.98. The van der Waals surface area contributed by atoms with Crippen LogP contribution in [0.5, 0.6) is 0 Å². The lowest BCUT2D eigenvalue weighted by molar-refractivity contribution is -0.142. The summed E-state index contributed by atoms with van der Waals surface area (Å²) in [7, 11) is 1.29. The van der Waals surface area contributed by atoms with Crippen LogP contribution in [-0.4, -0.2) is 34.0 Å². The summed E-state index contributed by atoms with van der Waals surface area (Å²) < 4.78 is 42.6. The Morgan fingerprint density at radius 3 is 2.90 bits per heavy atom. The molecule has 0 aliphatic heterocycles. The Balaban J connectivity index is 1.99. The Kier molecular flexibility index (Phi) is 4.88. The van der Waals surface area contributed by atoms with Crippen molar-refractivity contribution in [2.45, 2.75) is 23.6 Å². The van der Waals surface area contributed by atoms with Gasteiger partial charge in [-0.3, -0.25) is 4.57 Å². The third-order valence-corrected chi connectivity index (χ3v) is 4.60. The van der Waals surface area contributed by atoms with Gasteiger partial charge < -0.3 is 4.74 Å². The molecule has 0 saturated heterocycles. The number of rotatable bonds is 5. The molecule has 10 heteroatoms. The normalized spacial score (nSPS) is 11.6. The van der Waals surface area contributed by atoms with Gasteiger partial charge in [0.15, 0.2) is 5.16 Å². The second kappa shape index (κ2) is 6.48. The molecule has 0 fully saturated rings. The van der Waals surface area contributed by atoms with Crippen molar-refractivity contribution in [3.05, 3.63) is 28.2 Å². The zero-order chi connectivity index (χ0) is 15.5. The second-order valence-electron chi connectivity index (χ2n) is 3.90. The summed E-state index contributed by atoms with van der Waals surface area (Å²) in [5, 5.41) is 7.33. The predicted octanol–water partition coefficient (Wildman–Crippen LogP) is 2.98. The number of thioether (sulfide) groups is 1. The third-order valence-electron chi connectivity index (χ3n) is 2.32. The van der Waals surface area contributed by atoms with E-state index in [-0.39, 0.29) is 5.16 Å². The summed E-state index contributed by atoms with van der Waals surface area (Å²) in [6.07, 6.45) is -3.28. The molecule has 2 rings (SSSR count). The Morgan fingerprint density at radius 1 is 1.48 bits per heavy atom. The van der Waals surface area contributed by atoms with Gasteiger partial charge in [0, 0.05) is 10.6 Å². The number of thiophene rings is 1. The fourth-order valence-corrected chi connectivity index (χ4v) is 3.34. The minimum Gasteiger partial charge on any atom is -0.465 e. The molecule has 0 bridgehead atoms. The van der Waals surface area contributed by atoms with E-state index in [4.69, 9.17) is 0 Å². The summed E-state index contributed by atoms with van der Waals surface area (Å²) in [6, 6.07) is 3.35. The molecule has 0 saturated carbocycles. The Labute approximate surface area is 126 Å². The molecule has 2 aromatic rings. The second-order valence-corrected chi connectivity index (χ2v) is 6.01. The van der Waals surface area contributed by atoms with Gasteiger partial charge in [-0.25, -0.2) is 4.79 Å². The van der Waals surface area contributed by atoms with Gasteiger partial charge >= 0.3 is 12.1 Å². The number of carbonyl (C=O) groups excluding carboxylic acids is 1. The summed E-state index contributed by atoms with van der Waals surface area (Å²) in [6.45, 7) is -1.12. The van der Waals surface area contributed by atoms with Gasteiger partial charge in [-0.2, -0.15) is 13.2 Å². The number of hydrogen-bond donors (Lipinski definition) is 0. The van der Waals surface area contributed by atoms with Crippen LogP contribution in [0, 0.1) is 0 Å². The number of aromatic nitrogens is 3. The van der Waals surface area contributed by atoms with E-state index in [1.54, 1.807) is 12.1 Å². The van der Waals surface area contributed by atoms with E-state index in [1.807, 2.05) is 0 Å². The lowest BCUT2D eigenvalue weighted by Crippen LogP contribution is -2.17. The van der Waals surface area contributed by atoms with Crippen LogP contribution in [0.3, 0.4) is 0 Å². The number of methoxy groups -OCH3 is 1. The Bertz CT molecular complexity index is 624. The maximum atomic E-state index is 12.4. The van der Waals surface area contributed by atoms with Gasteiger partial charge in [0.1, 0.15) is 17.7 Å². The molecule has 0 aromatic carbocycles. The van der Waals surface area contributed by atoms with Gasteiger partial charge in [0.25, 0.3) is 0 Å². The predicted molar refractivity (Wildman–Crippen MR) is 71.3 cm³/mol. The molecule has 0 atom stereocenters. The van der Waals surface area contributed by atoms with Crippen molar-refractivity contribution in [1.82, 2.24) is 14.8 Å². The third kappa shape index (κ3) is 4.46. The molecule has 0 radical (unpaired) electrons. The average Bonchev–Trinajstić information content (AvgIpc) is 3.03. The molecule has 0 aliphatic carbocycles. The van der Waals surface area contributed by atoms with Gasteiger partial charge in [0.2, 0.25) is 0 Å². The maximum Gasteiger partial charge on any atom is 0.406 e. The monoisotopic (exact) mass is 337 g/mol. The standard InChI is InChI=1S/C11H10F3N3O2S2/c1-19-9(18)8-3-2-7(21-8)4-20-10-16-15-6-17(10)5-11(12,13)14/h2-3,6H,4-5H2,1H3. The van der Waals surface area contributed by atoms with E-state index in [9.17, 15) is 18.0 Å². The van der Waals surface area contributed by atoms with Crippen LogP contribution in [0.4, 0.5) is 13.2 Å². The van der Waals surface area contributed by atoms with Crippen LogP contribution in [0.2, 0.25) is 0 Å². The topological polar surface area (TPSA) is 57.0 Å². The first-order valence-electron chi connectivity index (χ1n) is 5.63. The van der Waals surface area contributed by atoms with E-state index in [1.165, 1.54) is 18.4 Å². The zero-order valence-electron chi connectivity index (χ0n) is 10.8. The molecule has 5 nitrogen and oxygen atoms in total. The van der Waals surface area contributed by atoms with Crippen LogP contribution in [0.1, 0.15) is 14.5 Å². The van der Waals surface area contributed by atoms with Crippen molar-refractivity contribution in [3.63, 3.8) is 0 Å². The molecular weight excluding hydrogens is 327 g/mol. The van der Waals surface area contributed by atoms with Crippen molar-refractivity contribution in [1.29, 1.82) is 0 Å². The van der Waals surface area contributed by atoms with Crippen LogP contribution in [0.15, 0.2) is 23.6 Å². The molecule has 0 unspecified atom stereocenters. The van der Waals surface area contributed by atoms with Gasteiger partial charge in [-0.1, -0.05) is 11.8 Å². The number of nitrogens with zero attached hydrogens (tertiary/aromatic N) is 3. The van der Waals surface area contributed by atoms with Crippen LogP contribution in [0.25, 0.3) is 0 Å². The van der Waals surface area contributed by atoms with Crippen molar-refractivity contribution in [3.8, 4) is 0 Å². The fraction of sp³-hybridized carbons (Fsp3) is 0.364. The van der Waals surface area contributed by atoms with Crippen LogP contribution >= 0.6 is 23.1 Å². The quantitative estimate of drug-likeness (QED) is 0.620. The van der Waals surface area contributed by atoms with E-state index < -0.39 is 18.7 Å². The molecule has 0 N–H and O–H groups in total. The summed E-state index contributed by atoms with van der Waals surface area (Å²) >= 11 is 2.36. The largest absolute Gasteiger partial charge is 0.465 e. The highest BCUT2D eigenvalue weighted by Crippen LogP contribution is 2.27. The molecular formula is C11H10F3N3O2S2. The van der Waals surface area contributed by atoms with Crippen LogP contribution < -0.4 is 0 Å². The number of alkyl halides is 3. The van der Waals surface area contributed by atoms with Gasteiger partial charge in [-0.15, -0.1) is 21.5 Å². The van der Waals surface area contributed by atoms with Crippen molar-refractivity contribution in [2.75, 3.05) is 7.11 Å². The molecule has 2 heterocycles. The molecule has 0 spiro atoms. The molecule has 2 aromatic heterocycles. The number of ether oxygens (including phenoxy) is 1. The van der Waals surface area contributed by atoms with Crippen molar-refractivity contribution < 1.29 is 22.7 Å².